The molecule has 2 heterocycles. The monoisotopic (exact) mass is 509 g/mol. The number of aliphatic hydroxyl groups is 2. The zero-order valence-electron chi connectivity index (χ0n) is 19.8. The van der Waals surface area contributed by atoms with Gasteiger partial charge >= 0.3 is 6.18 Å². The predicted molar refractivity (Wildman–Crippen MR) is 126 cm³/mol. The number of anilines is 1. The molecule has 36 heavy (non-hydrogen) atoms. The van der Waals surface area contributed by atoms with Crippen LogP contribution in [0.2, 0.25) is 0 Å². The summed E-state index contributed by atoms with van der Waals surface area (Å²) in [6.07, 6.45) is -6.75. The second-order valence-electron chi connectivity index (χ2n) is 8.89. The highest BCUT2D eigenvalue weighted by molar-refractivity contribution is 5.94. The van der Waals surface area contributed by atoms with E-state index in [1.807, 2.05) is 9.80 Å². The van der Waals surface area contributed by atoms with E-state index in [0.29, 0.717) is 43.2 Å². The number of carbonyl (C=O) groups is 1. The number of aliphatic hydroxyl groups excluding tert-OH is 2. The van der Waals surface area contributed by atoms with Gasteiger partial charge in [-0.15, -0.1) is 0 Å². The fraction of sp³-hybridized carbons (Fsp3) is 0.480. The molecular weight excluding hydrogens is 479 g/mol. The molecule has 0 unspecified atom stereocenters. The molecule has 2 fully saturated rings. The molecule has 4 rings (SSSR count). The standard InChI is InChI=1S/C25H30F3N3O5/c1-35-19-7-5-16(6-8-19)24(34)29-14-20-22(23(33)21(15-32)36-20)31-11-9-30(10-12-31)18-4-2-3-17(13-18)25(26,27)28/h2-8,13,20-23,32-33H,9-12,14-15H2,1H3,(H,29,34)/t20-,21-,22-,23+/m0/s1. The van der Waals surface area contributed by atoms with E-state index in [2.05, 4.69) is 5.32 Å². The topological polar surface area (TPSA) is 94.5 Å². The third-order valence-electron chi connectivity index (χ3n) is 6.73. The van der Waals surface area contributed by atoms with E-state index in [4.69, 9.17) is 9.47 Å². The fourth-order valence-electron chi connectivity index (χ4n) is 4.79. The van der Waals surface area contributed by atoms with Crippen LogP contribution in [0.15, 0.2) is 48.5 Å². The fourth-order valence-corrected chi connectivity index (χ4v) is 4.79. The van der Waals surface area contributed by atoms with Gasteiger partial charge in [0.25, 0.3) is 5.91 Å². The Morgan fingerprint density at radius 1 is 1.11 bits per heavy atom. The van der Waals surface area contributed by atoms with Gasteiger partial charge in [0.1, 0.15) is 18.0 Å². The summed E-state index contributed by atoms with van der Waals surface area (Å²) in [4.78, 5) is 16.5. The van der Waals surface area contributed by atoms with E-state index in [-0.39, 0.29) is 19.1 Å². The van der Waals surface area contributed by atoms with Crippen LogP contribution in [0.5, 0.6) is 5.75 Å². The molecule has 8 nitrogen and oxygen atoms in total. The van der Waals surface area contributed by atoms with Crippen LogP contribution in [0.3, 0.4) is 0 Å². The number of amides is 1. The van der Waals surface area contributed by atoms with E-state index < -0.39 is 36.1 Å². The third kappa shape index (κ3) is 5.75. The molecular formula is C25H30F3N3O5. The SMILES string of the molecule is COc1ccc(C(=O)NC[C@@H]2O[C@@H](CO)[C@@H](O)[C@H]2N2CCN(c3cccc(C(F)(F)F)c3)CC2)cc1. The lowest BCUT2D eigenvalue weighted by atomic mass is 10.0. The number of nitrogens with zero attached hydrogens (tertiary/aromatic N) is 2. The molecule has 0 spiro atoms. The Morgan fingerprint density at radius 3 is 2.42 bits per heavy atom. The first kappa shape index (κ1) is 26.2. The highest BCUT2D eigenvalue weighted by Gasteiger charge is 2.46. The molecule has 2 aliphatic rings. The van der Waals surface area contributed by atoms with Gasteiger partial charge in [-0.05, 0) is 42.5 Å². The summed E-state index contributed by atoms with van der Waals surface area (Å²) >= 11 is 0. The number of piperazine rings is 1. The summed E-state index contributed by atoms with van der Waals surface area (Å²) < 4.78 is 50.3. The molecule has 196 valence electrons. The summed E-state index contributed by atoms with van der Waals surface area (Å²) in [7, 11) is 1.54. The van der Waals surface area contributed by atoms with Crippen molar-refractivity contribution in [3.8, 4) is 5.75 Å². The lowest BCUT2D eigenvalue weighted by molar-refractivity contribution is -0.137. The Hall–Kier alpha value is -2.86. The molecule has 2 aliphatic heterocycles. The van der Waals surface area contributed by atoms with Crippen LogP contribution in [0, 0.1) is 0 Å². The minimum atomic E-state index is -4.41. The van der Waals surface area contributed by atoms with Crippen LogP contribution in [0.4, 0.5) is 18.9 Å². The van der Waals surface area contributed by atoms with Crippen molar-refractivity contribution in [3.63, 3.8) is 0 Å². The minimum absolute atomic E-state index is 0.122. The first-order chi connectivity index (χ1) is 17.2. The van der Waals surface area contributed by atoms with Gasteiger partial charge in [-0.25, -0.2) is 0 Å². The van der Waals surface area contributed by atoms with Crippen molar-refractivity contribution in [1.29, 1.82) is 0 Å². The third-order valence-corrected chi connectivity index (χ3v) is 6.73. The highest BCUT2D eigenvalue weighted by Crippen LogP contribution is 2.32. The number of rotatable bonds is 7. The van der Waals surface area contributed by atoms with Crippen molar-refractivity contribution in [2.24, 2.45) is 0 Å². The highest BCUT2D eigenvalue weighted by atomic mass is 19.4. The number of methoxy groups -OCH3 is 1. The smallest absolute Gasteiger partial charge is 0.416 e. The molecule has 0 aromatic heterocycles. The Balaban J connectivity index is 1.39. The summed E-state index contributed by atoms with van der Waals surface area (Å²) in [5, 5.41) is 23.3. The lowest BCUT2D eigenvalue weighted by Gasteiger charge is -2.41. The van der Waals surface area contributed by atoms with E-state index in [1.165, 1.54) is 13.2 Å². The lowest BCUT2D eigenvalue weighted by Crippen LogP contribution is -2.57. The van der Waals surface area contributed by atoms with Gasteiger partial charge in [-0.1, -0.05) is 6.07 Å². The molecule has 0 aliphatic carbocycles. The van der Waals surface area contributed by atoms with E-state index in [0.717, 1.165) is 12.1 Å². The Labute approximate surface area is 207 Å². The molecule has 0 radical (unpaired) electrons. The van der Waals surface area contributed by atoms with Gasteiger partial charge in [0.05, 0.1) is 31.4 Å². The van der Waals surface area contributed by atoms with Crippen LogP contribution < -0.4 is 15.0 Å². The number of halogens is 3. The van der Waals surface area contributed by atoms with Crippen LogP contribution in [-0.2, 0) is 10.9 Å². The van der Waals surface area contributed by atoms with Crippen molar-refractivity contribution < 1.29 is 37.7 Å². The molecule has 2 aromatic carbocycles. The second kappa shape index (κ2) is 11.0. The number of hydrogen-bond acceptors (Lipinski definition) is 7. The van der Waals surface area contributed by atoms with E-state index in [1.54, 1.807) is 30.3 Å². The summed E-state index contributed by atoms with van der Waals surface area (Å²) in [6, 6.07) is 11.4. The van der Waals surface area contributed by atoms with Crippen molar-refractivity contribution >= 4 is 11.6 Å². The van der Waals surface area contributed by atoms with Crippen LogP contribution in [0.25, 0.3) is 0 Å². The number of ether oxygens (including phenoxy) is 2. The van der Waals surface area contributed by atoms with Crippen molar-refractivity contribution in [2.75, 3.05) is 51.3 Å². The maximum Gasteiger partial charge on any atom is 0.416 e. The average molecular weight is 510 g/mol. The molecule has 11 heteroatoms. The van der Waals surface area contributed by atoms with Crippen LogP contribution in [0.1, 0.15) is 15.9 Å². The summed E-state index contributed by atoms with van der Waals surface area (Å²) in [5.74, 6) is 0.320. The quantitative estimate of drug-likeness (QED) is 0.524. The maximum absolute atomic E-state index is 13.1. The predicted octanol–water partition coefficient (Wildman–Crippen LogP) is 1.76. The first-order valence-electron chi connectivity index (χ1n) is 11.7. The molecule has 1 amide bonds. The number of nitrogens with one attached hydrogen (secondary N) is 1. The largest absolute Gasteiger partial charge is 0.497 e. The molecule has 3 N–H and O–H groups in total. The van der Waals surface area contributed by atoms with Gasteiger partial charge < -0.3 is 29.9 Å². The molecule has 4 atom stereocenters. The molecule has 2 saturated heterocycles. The Bertz CT molecular complexity index is 1030. The Morgan fingerprint density at radius 2 is 1.81 bits per heavy atom. The summed E-state index contributed by atoms with van der Waals surface area (Å²) in [6.45, 7) is 1.62. The van der Waals surface area contributed by atoms with E-state index >= 15 is 0 Å². The zero-order valence-corrected chi connectivity index (χ0v) is 19.8. The minimum Gasteiger partial charge on any atom is -0.497 e. The number of alkyl halides is 3. The van der Waals surface area contributed by atoms with E-state index in [9.17, 15) is 28.2 Å². The Kier molecular flexibility index (Phi) is 8.04. The molecule has 0 saturated carbocycles. The normalized spacial score (nSPS) is 25.1. The maximum atomic E-state index is 13.1. The van der Waals surface area contributed by atoms with Gasteiger partial charge in [-0.2, -0.15) is 13.2 Å². The second-order valence-corrected chi connectivity index (χ2v) is 8.89. The zero-order chi connectivity index (χ0) is 25.9. The van der Waals surface area contributed by atoms with Gasteiger partial charge in [0, 0.05) is 44.0 Å². The number of benzene rings is 2. The number of hydrogen-bond donors (Lipinski definition) is 3. The van der Waals surface area contributed by atoms with Crippen LogP contribution >= 0.6 is 0 Å². The molecule has 0 bridgehead atoms. The van der Waals surface area contributed by atoms with Crippen molar-refractivity contribution in [1.82, 2.24) is 10.2 Å². The average Bonchev–Trinajstić information content (AvgIpc) is 3.22. The van der Waals surface area contributed by atoms with Gasteiger partial charge in [-0.3, -0.25) is 9.69 Å². The van der Waals surface area contributed by atoms with Gasteiger partial charge in [0.15, 0.2) is 0 Å². The molecule has 2 aromatic rings. The van der Waals surface area contributed by atoms with Crippen molar-refractivity contribution in [3.05, 3.63) is 59.7 Å². The van der Waals surface area contributed by atoms with Gasteiger partial charge in [0.2, 0.25) is 0 Å². The summed E-state index contributed by atoms with van der Waals surface area (Å²) in [5.41, 5.74) is 0.240. The van der Waals surface area contributed by atoms with Crippen LogP contribution in [-0.4, -0.2) is 91.8 Å². The van der Waals surface area contributed by atoms with Crippen molar-refractivity contribution in [2.45, 2.75) is 30.5 Å². The first-order valence-corrected chi connectivity index (χ1v) is 11.7. The number of carbonyl (C=O) groups excluding carboxylic acids is 1.